The minimum Gasteiger partial charge on any atom is -0.382 e. The number of ether oxygens (including phenoxy) is 1. The molecule has 0 aliphatic carbocycles. The second-order valence-corrected chi connectivity index (χ2v) is 4.42. The van der Waals surface area contributed by atoms with Crippen LogP contribution in [-0.4, -0.2) is 13.2 Å². The fourth-order valence-electron chi connectivity index (χ4n) is 1.68. The van der Waals surface area contributed by atoms with Crippen LogP contribution in [0.15, 0.2) is 24.3 Å². The third kappa shape index (κ3) is 6.14. The van der Waals surface area contributed by atoms with Crippen molar-refractivity contribution in [3.63, 3.8) is 0 Å². The molecule has 0 amide bonds. The number of benzene rings is 1. The molecule has 1 rings (SSSR count). The van der Waals surface area contributed by atoms with E-state index in [-0.39, 0.29) is 0 Å². The van der Waals surface area contributed by atoms with Crippen LogP contribution in [0.5, 0.6) is 0 Å². The molecule has 0 saturated carbocycles. The summed E-state index contributed by atoms with van der Waals surface area (Å²) < 4.78 is 5.30. The Hall–Kier alpha value is -0.530. The molecule has 1 nitrogen and oxygen atoms in total. The summed E-state index contributed by atoms with van der Waals surface area (Å²) in [5, 5.41) is 0.820. The Kier molecular flexibility index (Phi) is 7.28. The Balaban J connectivity index is 2.01. The smallest absolute Gasteiger partial charge is 0.0465 e. The highest BCUT2D eigenvalue weighted by atomic mass is 35.5. The standard InChI is InChI=1S/C14H21ClO/c1-2-16-12-6-4-3-5-7-13-8-10-14(15)11-9-13/h8-11H,2-7,12H2,1H3. The first-order valence-corrected chi connectivity index (χ1v) is 6.53. The highest BCUT2D eigenvalue weighted by Crippen LogP contribution is 2.12. The summed E-state index contributed by atoms with van der Waals surface area (Å²) >= 11 is 5.83. The molecule has 0 aromatic heterocycles. The van der Waals surface area contributed by atoms with Crippen molar-refractivity contribution >= 4 is 11.6 Å². The number of aryl methyl sites for hydroxylation is 1. The fourth-order valence-corrected chi connectivity index (χ4v) is 1.81. The van der Waals surface area contributed by atoms with Gasteiger partial charge in [0.15, 0.2) is 0 Å². The van der Waals surface area contributed by atoms with Gasteiger partial charge in [-0.3, -0.25) is 0 Å². The Morgan fingerprint density at radius 2 is 1.69 bits per heavy atom. The molecular formula is C14H21ClO. The average Bonchev–Trinajstić information content (AvgIpc) is 2.30. The van der Waals surface area contributed by atoms with Gasteiger partial charge in [0, 0.05) is 18.2 Å². The van der Waals surface area contributed by atoms with E-state index in [1.807, 2.05) is 19.1 Å². The van der Waals surface area contributed by atoms with Crippen LogP contribution in [0.4, 0.5) is 0 Å². The fraction of sp³-hybridized carbons (Fsp3) is 0.571. The first-order valence-electron chi connectivity index (χ1n) is 6.15. The summed E-state index contributed by atoms with van der Waals surface area (Å²) in [6.07, 6.45) is 6.16. The molecule has 0 radical (unpaired) electrons. The molecular weight excluding hydrogens is 220 g/mol. The van der Waals surface area contributed by atoms with Crippen LogP contribution in [0.2, 0.25) is 5.02 Å². The van der Waals surface area contributed by atoms with Crippen molar-refractivity contribution in [2.45, 2.75) is 39.0 Å². The SMILES string of the molecule is CCOCCCCCCc1ccc(Cl)cc1. The zero-order valence-corrected chi connectivity index (χ0v) is 10.8. The van der Waals surface area contributed by atoms with Crippen LogP contribution < -0.4 is 0 Å². The third-order valence-corrected chi connectivity index (χ3v) is 2.87. The summed E-state index contributed by atoms with van der Waals surface area (Å²) in [5.41, 5.74) is 1.38. The lowest BCUT2D eigenvalue weighted by molar-refractivity contribution is 0.143. The van der Waals surface area contributed by atoms with Crippen molar-refractivity contribution in [2.75, 3.05) is 13.2 Å². The van der Waals surface area contributed by atoms with Crippen molar-refractivity contribution < 1.29 is 4.74 Å². The molecule has 0 heterocycles. The Morgan fingerprint density at radius 1 is 1.00 bits per heavy atom. The summed E-state index contributed by atoms with van der Waals surface area (Å²) in [4.78, 5) is 0. The van der Waals surface area contributed by atoms with E-state index >= 15 is 0 Å². The van der Waals surface area contributed by atoms with Gasteiger partial charge in [-0.15, -0.1) is 0 Å². The van der Waals surface area contributed by atoms with E-state index in [2.05, 4.69) is 12.1 Å². The predicted octanol–water partition coefficient (Wildman–Crippen LogP) is 4.48. The van der Waals surface area contributed by atoms with Gasteiger partial charge in [0.2, 0.25) is 0 Å². The molecule has 0 spiro atoms. The summed E-state index contributed by atoms with van der Waals surface area (Å²) in [6, 6.07) is 8.16. The minimum absolute atomic E-state index is 0.820. The topological polar surface area (TPSA) is 9.23 Å². The quantitative estimate of drug-likeness (QED) is 0.609. The van der Waals surface area contributed by atoms with Crippen LogP contribution in [0.3, 0.4) is 0 Å². The van der Waals surface area contributed by atoms with E-state index in [0.717, 1.165) is 24.7 Å². The zero-order chi connectivity index (χ0) is 11.6. The second-order valence-electron chi connectivity index (χ2n) is 3.99. The molecule has 0 bridgehead atoms. The Morgan fingerprint density at radius 3 is 2.38 bits per heavy atom. The molecule has 0 atom stereocenters. The second kappa shape index (κ2) is 8.60. The predicted molar refractivity (Wildman–Crippen MR) is 70.1 cm³/mol. The van der Waals surface area contributed by atoms with Crippen LogP contribution in [0.25, 0.3) is 0 Å². The van der Waals surface area contributed by atoms with Crippen molar-refractivity contribution in [3.8, 4) is 0 Å². The Bertz CT molecular complexity index is 269. The largest absolute Gasteiger partial charge is 0.382 e. The molecule has 0 N–H and O–H groups in total. The highest BCUT2D eigenvalue weighted by Gasteiger charge is 1.94. The van der Waals surface area contributed by atoms with Gasteiger partial charge in [-0.2, -0.15) is 0 Å². The lowest BCUT2D eigenvalue weighted by atomic mass is 10.1. The maximum Gasteiger partial charge on any atom is 0.0465 e. The van der Waals surface area contributed by atoms with E-state index < -0.39 is 0 Å². The molecule has 0 unspecified atom stereocenters. The minimum atomic E-state index is 0.820. The van der Waals surface area contributed by atoms with Gasteiger partial charge in [-0.1, -0.05) is 36.6 Å². The van der Waals surface area contributed by atoms with E-state index in [1.165, 1.54) is 31.2 Å². The van der Waals surface area contributed by atoms with Crippen LogP contribution >= 0.6 is 11.6 Å². The van der Waals surface area contributed by atoms with Gasteiger partial charge in [0.25, 0.3) is 0 Å². The van der Waals surface area contributed by atoms with E-state index in [1.54, 1.807) is 0 Å². The van der Waals surface area contributed by atoms with Gasteiger partial charge in [0.05, 0.1) is 0 Å². The molecule has 0 fully saturated rings. The first-order chi connectivity index (χ1) is 7.83. The number of unbranched alkanes of at least 4 members (excludes halogenated alkanes) is 3. The summed E-state index contributed by atoms with van der Waals surface area (Å²) in [5.74, 6) is 0. The number of hydrogen-bond acceptors (Lipinski definition) is 1. The lowest BCUT2D eigenvalue weighted by Crippen LogP contribution is -1.93. The molecule has 1 aromatic rings. The molecule has 2 heteroatoms. The maximum atomic E-state index is 5.83. The van der Waals surface area contributed by atoms with Crippen LogP contribution in [0, 0.1) is 0 Å². The van der Waals surface area contributed by atoms with E-state index in [4.69, 9.17) is 16.3 Å². The average molecular weight is 241 g/mol. The van der Waals surface area contributed by atoms with E-state index in [0.29, 0.717) is 0 Å². The normalized spacial score (nSPS) is 10.6. The van der Waals surface area contributed by atoms with E-state index in [9.17, 15) is 0 Å². The van der Waals surface area contributed by atoms with Crippen molar-refractivity contribution in [1.29, 1.82) is 0 Å². The summed E-state index contributed by atoms with van der Waals surface area (Å²) in [7, 11) is 0. The highest BCUT2D eigenvalue weighted by molar-refractivity contribution is 6.30. The first kappa shape index (κ1) is 13.5. The van der Waals surface area contributed by atoms with Crippen molar-refractivity contribution in [3.05, 3.63) is 34.9 Å². The van der Waals surface area contributed by atoms with Gasteiger partial charge >= 0.3 is 0 Å². The zero-order valence-electron chi connectivity index (χ0n) is 10.0. The lowest BCUT2D eigenvalue weighted by Gasteiger charge is -2.03. The number of hydrogen-bond donors (Lipinski definition) is 0. The third-order valence-electron chi connectivity index (χ3n) is 2.62. The number of rotatable bonds is 8. The van der Waals surface area contributed by atoms with Crippen LogP contribution in [0.1, 0.15) is 38.2 Å². The molecule has 0 saturated heterocycles. The molecule has 1 aromatic carbocycles. The molecule has 0 aliphatic rings. The molecule has 0 aliphatic heterocycles. The maximum absolute atomic E-state index is 5.83. The Labute approximate surface area is 104 Å². The van der Waals surface area contributed by atoms with Gasteiger partial charge in [0.1, 0.15) is 0 Å². The van der Waals surface area contributed by atoms with Gasteiger partial charge < -0.3 is 4.74 Å². The molecule has 90 valence electrons. The van der Waals surface area contributed by atoms with Crippen molar-refractivity contribution in [2.24, 2.45) is 0 Å². The van der Waals surface area contributed by atoms with Gasteiger partial charge in [-0.05, 0) is 43.9 Å². The van der Waals surface area contributed by atoms with Crippen molar-refractivity contribution in [1.82, 2.24) is 0 Å². The number of halogens is 1. The molecule has 16 heavy (non-hydrogen) atoms. The monoisotopic (exact) mass is 240 g/mol. The summed E-state index contributed by atoms with van der Waals surface area (Å²) in [6.45, 7) is 3.79. The van der Waals surface area contributed by atoms with Crippen LogP contribution in [-0.2, 0) is 11.2 Å². The van der Waals surface area contributed by atoms with Gasteiger partial charge in [-0.25, -0.2) is 0 Å².